The van der Waals surface area contributed by atoms with Crippen molar-refractivity contribution in [3.05, 3.63) is 59.5 Å². The Morgan fingerprint density at radius 1 is 1.10 bits per heavy atom. The van der Waals surface area contributed by atoms with E-state index in [1.54, 1.807) is 12.1 Å². The molecule has 2 aliphatic carbocycles. The number of aromatic nitrogens is 2. The number of nitrogens with zero attached hydrogens (tertiary/aromatic N) is 2. The fourth-order valence-corrected chi connectivity index (χ4v) is 6.69. The summed E-state index contributed by atoms with van der Waals surface area (Å²) >= 11 is 0. The highest BCUT2D eigenvalue weighted by atomic mass is 19.1. The molecule has 30 heavy (non-hydrogen) atoms. The Hall–Kier alpha value is -2.20. The standard InChI is InChI=1S/C26H31FN2O/c1-4-26-13-12-25(3,30)17-24(26,2)11-5-6-18-15-23-19(14-22(18)26)16-28-29(23)21-9-7-20(27)8-10-21/h7-10,14-16,30H,4-6,11-13,17H2,1-3H3. The molecule has 0 spiro atoms. The van der Waals surface area contributed by atoms with E-state index in [1.807, 2.05) is 17.8 Å². The summed E-state index contributed by atoms with van der Waals surface area (Å²) < 4.78 is 15.3. The molecule has 1 aromatic heterocycles. The Labute approximate surface area is 177 Å². The van der Waals surface area contributed by atoms with E-state index >= 15 is 0 Å². The van der Waals surface area contributed by atoms with Crippen molar-refractivity contribution in [3.8, 4) is 5.69 Å². The maximum atomic E-state index is 13.4. The summed E-state index contributed by atoms with van der Waals surface area (Å²) in [5.74, 6) is -0.235. The van der Waals surface area contributed by atoms with Gasteiger partial charge in [0, 0.05) is 10.8 Å². The van der Waals surface area contributed by atoms with E-state index in [-0.39, 0.29) is 16.6 Å². The molecule has 2 aromatic carbocycles. The maximum absolute atomic E-state index is 13.4. The summed E-state index contributed by atoms with van der Waals surface area (Å²) in [6.07, 6.45) is 9.09. The molecule has 1 heterocycles. The van der Waals surface area contributed by atoms with Gasteiger partial charge in [0.25, 0.3) is 0 Å². The summed E-state index contributed by atoms with van der Waals surface area (Å²) in [5, 5.41) is 16.7. The molecule has 0 aliphatic heterocycles. The molecule has 2 aliphatic rings. The molecule has 0 bridgehead atoms. The number of halogens is 1. The smallest absolute Gasteiger partial charge is 0.123 e. The van der Waals surface area contributed by atoms with Crippen molar-refractivity contribution in [2.75, 3.05) is 0 Å². The molecule has 3 atom stereocenters. The lowest BCUT2D eigenvalue weighted by Crippen LogP contribution is -2.52. The number of benzene rings is 2. The second kappa shape index (κ2) is 6.65. The van der Waals surface area contributed by atoms with E-state index in [1.165, 1.54) is 23.3 Å². The van der Waals surface area contributed by atoms with Crippen LogP contribution in [-0.4, -0.2) is 20.5 Å². The normalized spacial score (nSPS) is 31.2. The van der Waals surface area contributed by atoms with Gasteiger partial charge in [-0.2, -0.15) is 5.10 Å². The predicted molar refractivity (Wildman–Crippen MR) is 119 cm³/mol. The number of aryl methyl sites for hydroxylation is 1. The van der Waals surface area contributed by atoms with Crippen LogP contribution < -0.4 is 0 Å². The highest BCUT2D eigenvalue weighted by molar-refractivity contribution is 5.82. The van der Waals surface area contributed by atoms with Crippen molar-refractivity contribution in [2.45, 2.75) is 76.7 Å². The van der Waals surface area contributed by atoms with Crippen LogP contribution in [0.2, 0.25) is 0 Å². The first-order chi connectivity index (χ1) is 14.3. The molecule has 3 nitrogen and oxygen atoms in total. The average Bonchev–Trinajstić information content (AvgIpc) is 3.06. The van der Waals surface area contributed by atoms with Gasteiger partial charge in [0.05, 0.1) is 23.0 Å². The van der Waals surface area contributed by atoms with Crippen LogP contribution in [0.4, 0.5) is 4.39 Å². The summed E-state index contributed by atoms with van der Waals surface area (Å²) in [5.41, 5.74) is 4.45. The zero-order valence-corrected chi connectivity index (χ0v) is 18.2. The third-order valence-corrected chi connectivity index (χ3v) is 8.17. The number of rotatable bonds is 2. The molecule has 0 amide bonds. The lowest BCUT2D eigenvalue weighted by Gasteiger charge is -2.56. The fraction of sp³-hybridized carbons (Fsp3) is 0.500. The van der Waals surface area contributed by atoms with Gasteiger partial charge in [0.1, 0.15) is 5.82 Å². The number of hydrogen-bond acceptors (Lipinski definition) is 2. The van der Waals surface area contributed by atoms with Crippen LogP contribution in [0.3, 0.4) is 0 Å². The summed E-state index contributed by atoms with van der Waals surface area (Å²) in [6, 6.07) is 11.2. The number of hydrogen-bond donors (Lipinski definition) is 1. The molecular formula is C26H31FN2O. The average molecular weight is 407 g/mol. The molecule has 0 saturated heterocycles. The second-order valence-corrected chi connectivity index (χ2v) is 10.1. The van der Waals surface area contributed by atoms with E-state index in [4.69, 9.17) is 0 Å². The van der Waals surface area contributed by atoms with Gasteiger partial charge in [-0.05, 0) is 105 Å². The quantitative estimate of drug-likeness (QED) is 0.559. The van der Waals surface area contributed by atoms with E-state index in [9.17, 15) is 9.50 Å². The lowest BCUT2D eigenvalue weighted by atomic mass is 9.49. The fourth-order valence-electron chi connectivity index (χ4n) is 6.69. The Balaban J connectivity index is 1.69. The Morgan fingerprint density at radius 2 is 1.87 bits per heavy atom. The van der Waals surface area contributed by atoms with Crippen molar-refractivity contribution < 1.29 is 9.50 Å². The van der Waals surface area contributed by atoms with Gasteiger partial charge in [-0.1, -0.05) is 13.8 Å². The van der Waals surface area contributed by atoms with Crippen molar-refractivity contribution in [1.82, 2.24) is 9.78 Å². The van der Waals surface area contributed by atoms with Gasteiger partial charge < -0.3 is 5.11 Å². The molecule has 1 fully saturated rings. The summed E-state index contributed by atoms with van der Waals surface area (Å²) in [7, 11) is 0. The van der Waals surface area contributed by atoms with Crippen molar-refractivity contribution in [3.63, 3.8) is 0 Å². The molecule has 158 valence electrons. The van der Waals surface area contributed by atoms with E-state index in [2.05, 4.69) is 31.1 Å². The van der Waals surface area contributed by atoms with Crippen LogP contribution in [0.1, 0.15) is 70.4 Å². The Bertz CT molecular complexity index is 1100. The van der Waals surface area contributed by atoms with Crippen LogP contribution in [0, 0.1) is 11.2 Å². The highest BCUT2D eigenvalue weighted by Crippen LogP contribution is 2.61. The second-order valence-electron chi connectivity index (χ2n) is 10.1. The van der Waals surface area contributed by atoms with Crippen LogP contribution in [0.15, 0.2) is 42.6 Å². The van der Waals surface area contributed by atoms with E-state index in [0.29, 0.717) is 0 Å². The SMILES string of the molecule is CCC12CCC(C)(O)CC1(C)CCCc1cc3c(cnn3-c3ccc(F)cc3)cc12. The van der Waals surface area contributed by atoms with E-state index in [0.717, 1.165) is 61.5 Å². The molecule has 4 heteroatoms. The predicted octanol–water partition coefficient (Wildman–Crippen LogP) is 6.09. The van der Waals surface area contributed by atoms with Crippen LogP contribution in [-0.2, 0) is 11.8 Å². The number of aliphatic hydroxyl groups is 1. The van der Waals surface area contributed by atoms with Gasteiger partial charge in [0.2, 0.25) is 0 Å². The molecule has 1 saturated carbocycles. The van der Waals surface area contributed by atoms with Crippen LogP contribution in [0.5, 0.6) is 0 Å². The molecule has 3 aromatic rings. The third kappa shape index (κ3) is 2.84. The Morgan fingerprint density at radius 3 is 2.60 bits per heavy atom. The lowest BCUT2D eigenvalue weighted by molar-refractivity contribution is -0.0779. The van der Waals surface area contributed by atoms with Crippen molar-refractivity contribution in [1.29, 1.82) is 0 Å². The van der Waals surface area contributed by atoms with Gasteiger partial charge >= 0.3 is 0 Å². The number of fused-ring (bicyclic) bond motifs is 4. The van der Waals surface area contributed by atoms with Crippen molar-refractivity contribution in [2.24, 2.45) is 5.41 Å². The molecule has 3 unspecified atom stereocenters. The maximum Gasteiger partial charge on any atom is 0.123 e. The third-order valence-electron chi connectivity index (χ3n) is 8.17. The first-order valence-electron chi connectivity index (χ1n) is 11.3. The van der Waals surface area contributed by atoms with Crippen LogP contribution in [0.25, 0.3) is 16.6 Å². The zero-order chi connectivity index (χ0) is 21.1. The van der Waals surface area contributed by atoms with Crippen molar-refractivity contribution >= 4 is 10.9 Å². The topological polar surface area (TPSA) is 38.1 Å². The van der Waals surface area contributed by atoms with E-state index < -0.39 is 5.60 Å². The summed E-state index contributed by atoms with van der Waals surface area (Å²) in [6.45, 7) is 6.74. The first-order valence-corrected chi connectivity index (χ1v) is 11.3. The van der Waals surface area contributed by atoms with Gasteiger partial charge in [-0.25, -0.2) is 9.07 Å². The minimum absolute atomic E-state index is 0.0905. The molecule has 5 rings (SSSR count). The van der Waals surface area contributed by atoms with Crippen LogP contribution >= 0.6 is 0 Å². The summed E-state index contributed by atoms with van der Waals surface area (Å²) in [4.78, 5) is 0. The van der Waals surface area contributed by atoms with Gasteiger partial charge in [0.15, 0.2) is 0 Å². The van der Waals surface area contributed by atoms with Gasteiger partial charge in [-0.15, -0.1) is 0 Å². The Kier molecular flexibility index (Phi) is 4.38. The molecule has 1 N–H and O–H groups in total. The monoisotopic (exact) mass is 406 g/mol. The minimum Gasteiger partial charge on any atom is -0.390 e. The highest BCUT2D eigenvalue weighted by Gasteiger charge is 2.55. The van der Waals surface area contributed by atoms with Gasteiger partial charge in [-0.3, -0.25) is 0 Å². The first kappa shape index (κ1) is 19.7. The zero-order valence-electron chi connectivity index (χ0n) is 18.2. The molecular weight excluding hydrogens is 375 g/mol. The minimum atomic E-state index is -0.574. The largest absolute Gasteiger partial charge is 0.390 e. The molecule has 0 radical (unpaired) electrons.